The van der Waals surface area contributed by atoms with E-state index in [0.717, 1.165) is 12.8 Å². The van der Waals surface area contributed by atoms with Crippen molar-refractivity contribution >= 4 is 0 Å². The van der Waals surface area contributed by atoms with Gasteiger partial charge >= 0.3 is 0 Å². The number of likely N-dealkylation sites (N-methyl/N-ethyl adjacent to an activating group) is 1. The van der Waals surface area contributed by atoms with Crippen molar-refractivity contribution in [1.82, 2.24) is 4.90 Å². The lowest BCUT2D eigenvalue weighted by Gasteiger charge is -2.29. The smallest absolute Gasteiger partial charge is 0.0732 e. The molecule has 2 heteroatoms. The molecule has 0 aromatic rings. The summed E-state index contributed by atoms with van der Waals surface area (Å²) in [4.78, 5) is 2.08. The van der Waals surface area contributed by atoms with E-state index >= 15 is 0 Å². The number of hydrogen-bond acceptors (Lipinski definition) is 2. The van der Waals surface area contributed by atoms with Gasteiger partial charge in [0.25, 0.3) is 0 Å². The summed E-state index contributed by atoms with van der Waals surface area (Å²) in [6, 6.07) is 0.324. The Bertz CT molecular complexity index is 131. The van der Waals surface area contributed by atoms with Gasteiger partial charge in [0.1, 0.15) is 0 Å². The topological polar surface area (TPSA) is 23.5 Å². The highest BCUT2D eigenvalue weighted by Gasteiger charge is 2.20. The first-order valence-corrected chi connectivity index (χ1v) is 3.71. The predicted octanol–water partition coefficient (Wildman–Crippen LogP) is 0.627. The highest BCUT2D eigenvalue weighted by Crippen LogP contribution is 2.15. The zero-order valence-electron chi connectivity index (χ0n) is 6.62. The molecule has 0 spiro atoms. The monoisotopic (exact) mass is 141 g/mol. The minimum Gasteiger partial charge on any atom is -0.391 e. The summed E-state index contributed by atoms with van der Waals surface area (Å²) < 4.78 is 0. The Morgan fingerprint density at radius 3 is 2.30 bits per heavy atom. The highest BCUT2D eigenvalue weighted by molar-refractivity contribution is 4.97. The second kappa shape index (κ2) is 3.17. The Kier molecular flexibility index (Phi) is 2.46. The molecule has 1 aliphatic carbocycles. The first kappa shape index (κ1) is 7.76. The molecule has 10 heavy (non-hydrogen) atoms. The Morgan fingerprint density at radius 1 is 1.30 bits per heavy atom. The van der Waals surface area contributed by atoms with Gasteiger partial charge in [-0.2, -0.15) is 0 Å². The first-order valence-electron chi connectivity index (χ1n) is 3.71. The van der Waals surface area contributed by atoms with Crippen LogP contribution in [0.2, 0.25) is 0 Å². The van der Waals surface area contributed by atoms with E-state index in [1.165, 1.54) is 0 Å². The molecule has 58 valence electrons. The zero-order chi connectivity index (χ0) is 7.56. The highest BCUT2D eigenvalue weighted by atomic mass is 16.3. The van der Waals surface area contributed by atoms with Gasteiger partial charge < -0.3 is 10.0 Å². The van der Waals surface area contributed by atoms with Crippen molar-refractivity contribution in [3.8, 4) is 0 Å². The standard InChI is InChI=1S/C8H15NO/c1-9(2)7-5-3-4-6-8(7)10/h3-4,7-8,10H,5-6H2,1-2H3/t7-,8+/m1/s1. The summed E-state index contributed by atoms with van der Waals surface area (Å²) in [5.74, 6) is 0. The number of aliphatic hydroxyl groups excluding tert-OH is 1. The molecule has 1 rings (SSSR count). The Balaban J connectivity index is 2.51. The van der Waals surface area contributed by atoms with Gasteiger partial charge in [-0.3, -0.25) is 0 Å². The molecular formula is C8H15NO. The Labute approximate surface area is 62.2 Å². The maximum atomic E-state index is 9.45. The van der Waals surface area contributed by atoms with Crippen molar-refractivity contribution in [3.63, 3.8) is 0 Å². The van der Waals surface area contributed by atoms with E-state index in [1.54, 1.807) is 0 Å². The van der Waals surface area contributed by atoms with Crippen LogP contribution in [0.3, 0.4) is 0 Å². The summed E-state index contributed by atoms with van der Waals surface area (Å²) in [5.41, 5.74) is 0. The molecule has 1 aliphatic rings. The second-order valence-electron chi connectivity index (χ2n) is 3.04. The molecule has 0 saturated heterocycles. The van der Waals surface area contributed by atoms with Gasteiger partial charge in [-0.05, 0) is 26.9 Å². The van der Waals surface area contributed by atoms with Crippen LogP contribution in [0, 0.1) is 0 Å². The van der Waals surface area contributed by atoms with Gasteiger partial charge in [-0.1, -0.05) is 12.2 Å². The molecule has 0 unspecified atom stereocenters. The van der Waals surface area contributed by atoms with E-state index in [9.17, 15) is 5.11 Å². The fourth-order valence-corrected chi connectivity index (χ4v) is 1.34. The van der Waals surface area contributed by atoms with Gasteiger partial charge in [0.2, 0.25) is 0 Å². The number of hydrogen-bond donors (Lipinski definition) is 1. The van der Waals surface area contributed by atoms with Crippen LogP contribution in [0.5, 0.6) is 0 Å². The molecule has 1 N–H and O–H groups in total. The van der Waals surface area contributed by atoms with Gasteiger partial charge in [0.15, 0.2) is 0 Å². The molecular weight excluding hydrogens is 126 g/mol. The molecule has 0 saturated carbocycles. The lowest BCUT2D eigenvalue weighted by molar-refractivity contribution is 0.0748. The van der Waals surface area contributed by atoms with Gasteiger partial charge in [-0.25, -0.2) is 0 Å². The molecule has 0 amide bonds. The van der Waals surface area contributed by atoms with Gasteiger partial charge in [0, 0.05) is 6.04 Å². The maximum absolute atomic E-state index is 9.45. The molecule has 0 fully saturated rings. The van der Waals surface area contributed by atoms with Crippen LogP contribution in [-0.2, 0) is 0 Å². The van der Waals surface area contributed by atoms with Crippen LogP contribution in [0.4, 0.5) is 0 Å². The lowest BCUT2D eigenvalue weighted by Crippen LogP contribution is -2.39. The average molecular weight is 141 g/mol. The van der Waals surface area contributed by atoms with E-state index in [2.05, 4.69) is 11.0 Å². The number of rotatable bonds is 1. The van der Waals surface area contributed by atoms with E-state index in [4.69, 9.17) is 0 Å². The van der Waals surface area contributed by atoms with E-state index in [-0.39, 0.29) is 6.10 Å². The summed E-state index contributed by atoms with van der Waals surface area (Å²) >= 11 is 0. The zero-order valence-corrected chi connectivity index (χ0v) is 6.62. The van der Waals surface area contributed by atoms with Crippen molar-refractivity contribution in [2.24, 2.45) is 0 Å². The van der Waals surface area contributed by atoms with Crippen molar-refractivity contribution in [3.05, 3.63) is 12.2 Å². The SMILES string of the molecule is CN(C)[C@@H]1CC=CC[C@@H]1O. The summed E-state index contributed by atoms with van der Waals surface area (Å²) in [7, 11) is 4.01. The fourth-order valence-electron chi connectivity index (χ4n) is 1.34. The largest absolute Gasteiger partial charge is 0.391 e. The Morgan fingerprint density at radius 2 is 1.90 bits per heavy atom. The average Bonchev–Trinajstić information content (AvgIpc) is 1.88. The van der Waals surface area contributed by atoms with Crippen LogP contribution < -0.4 is 0 Å². The van der Waals surface area contributed by atoms with Crippen LogP contribution in [0.15, 0.2) is 12.2 Å². The molecule has 0 heterocycles. The third kappa shape index (κ3) is 1.58. The molecule has 0 aromatic carbocycles. The molecule has 2 atom stereocenters. The van der Waals surface area contributed by atoms with Crippen LogP contribution >= 0.6 is 0 Å². The molecule has 0 radical (unpaired) electrons. The van der Waals surface area contributed by atoms with Crippen molar-refractivity contribution in [2.75, 3.05) is 14.1 Å². The Hall–Kier alpha value is -0.340. The quantitative estimate of drug-likeness (QED) is 0.541. The van der Waals surface area contributed by atoms with Gasteiger partial charge in [0.05, 0.1) is 6.10 Å². The van der Waals surface area contributed by atoms with E-state index in [0.29, 0.717) is 6.04 Å². The normalized spacial score (nSPS) is 33.2. The predicted molar refractivity (Wildman–Crippen MR) is 41.9 cm³/mol. The van der Waals surface area contributed by atoms with Crippen molar-refractivity contribution < 1.29 is 5.11 Å². The van der Waals surface area contributed by atoms with Crippen molar-refractivity contribution in [2.45, 2.75) is 25.0 Å². The van der Waals surface area contributed by atoms with Crippen LogP contribution in [-0.4, -0.2) is 36.2 Å². The molecule has 0 aromatic heterocycles. The van der Waals surface area contributed by atoms with Gasteiger partial charge in [-0.15, -0.1) is 0 Å². The maximum Gasteiger partial charge on any atom is 0.0732 e. The third-order valence-electron chi connectivity index (χ3n) is 2.03. The molecule has 0 bridgehead atoms. The van der Waals surface area contributed by atoms with Crippen molar-refractivity contribution in [1.29, 1.82) is 0 Å². The summed E-state index contributed by atoms with van der Waals surface area (Å²) in [6.07, 6.45) is 5.80. The minimum absolute atomic E-state index is 0.167. The number of aliphatic hydroxyl groups is 1. The second-order valence-corrected chi connectivity index (χ2v) is 3.04. The van der Waals surface area contributed by atoms with E-state index in [1.807, 2.05) is 20.2 Å². The first-order chi connectivity index (χ1) is 4.72. The molecule has 0 aliphatic heterocycles. The van der Waals surface area contributed by atoms with Crippen LogP contribution in [0.25, 0.3) is 0 Å². The minimum atomic E-state index is -0.167. The number of nitrogens with zero attached hydrogens (tertiary/aromatic N) is 1. The van der Waals surface area contributed by atoms with E-state index < -0.39 is 0 Å². The lowest BCUT2D eigenvalue weighted by atomic mass is 9.98. The summed E-state index contributed by atoms with van der Waals surface area (Å²) in [5, 5.41) is 9.45. The van der Waals surface area contributed by atoms with Crippen LogP contribution in [0.1, 0.15) is 12.8 Å². The molecule has 2 nitrogen and oxygen atoms in total. The summed E-state index contributed by atoms with van der Waals surface area (Å²) in [6.45, 7) is 0. The third-order valence-corrected chi connectivity index (χ3v) is 2.03. The fraction of sp³-hybridized carbons (Fsp3) is 0.750.